The highest BCUT2D eigenvalue weighted by Crippen LogP contribution is 2.54. The number of hydrogen-bond donors (Lipinski definition) is 0. The van der Waals surface area contributed by atoms with Crippen molar-refractivity contribution >= 4 is 57.4 Å². The predicted octanol–water partition coefficient (Wildman–Crippen LogP) is 9.67. The van der Waals surface area contributed by atoms with Gasteiger partial charge in [-0.1, -0.05) is 56.3 Å². The van der Waals surface area contributed by atoms with Crippen molar-refractivity contribution in [2.45, 2.75) is 33.1 Å². The Morgan fingerprint density at radius 2 is 1.25 bits per heavy atom. The van der Waals surface area contributed by atoms with Gasteiger partial charge in [-0.05, 0) is 79.1 Å². The zero-order chi connectivity index (χ0) is 27.8. The fraction of sp³-hybridized carbons (Fsp3) is 0.143. The second-order valence-electron chi connectivity index (χ2n) is 10.9. The second kappa shape index (κ2) is 8.98. The number of benzene rings is 3. The molecule has 0 fully saturated rings. The average Bonchev–Trinajstić information content (AvgIpc) is 3.64. The molecular formula is C35H27NO2S2. The first kappa shape index (κ1) is 24.9. The first-order chi connectivity index (χ1) is 19.3. The van der Waals surface area contributed by atoms with E-state index in [-0.39, 0.29) is 17.0 Å². The third-order valence-corrected chi connectivity index (χ3v) is 10.3. The van der Waals surface area contributed by atoms with Crippen LogP contribution in [0.5, 0.6) is 0 Å². The fourth-order valence-corrected chi connectivity index (χ4v) is 8.51. The number of aryl methyl sites for hydroxylation is 2. The molecule has 2 aliphatic carbocycles. The molecule has 0 unspecified atom stereocenters. The van der Waals surface area contributed by atoms with Gasteiger partial charge in [0, 0.05) is 53.1 Å². The molecule has 2 aromatic heterocycles. The number of anilines is 3. The number of fused-ring (bicyclic) bond motifs is 4. The monoisotopic (exact) mass is 557 g/mol. The van der Waals surface area contributed by atoms with E-state index in [2.05, 4.69) is 91.5 Å². The SMILES string of the molecule is Cc1sc(C)c2c1C(=O)C(=Cc1cc3c(s1)-c1ccc(N(c4ccccc4)c4ccccc4)cc1C3(C)C)C2=O. The van der Waals surface area contributed by atoms with E-state index in [1.54, 1.807) is 11.3 Å². The fourth-order valence-electron chi connectivity index (χ4n) is 6.15. The summed E-state index contributed by atoms with van der Waals surface area (Å²) in [5.41, 5.74) is 8.33. The van der Waals surface area contributed by atoms with Gasteiger partial charge in [0.2, 0.25) is 0 Å². The molecule has 7 rings (SSSR count). The number of Topliss-reactive ketones (excluding diaryl/α,β-unsaturated/α-hetero) is 2. The van der Waals surface area contributed by atoms with Gasteiger partial charge in [0.1, 0.15) is 0 Å². The van der Waals surface area contributed by atoms with Crippen molar-refractivity contribution in [3.63, 3.8) is 0 Å². The van der Waals surface area contributed by atoms with Gasteiger partial charge in [-0.15, -0.1) is 22.7 Å². The standard InChI is InChI=1S/C35H27NO2S2/c1-20-30-31(21(2)39-20)33(38)27(32(30)37)18-25-19-29-34(40-25)26-16-15-24(17-28(26)35(29,3)4)36(22-11-7-5-8-12-22)23-13-9-6-10-14-23/h5-19H,1-4H3. The average molecular weight is 558 g/mol. The summed E-state index contributed by atoms with van der Waals surface area (Å²) in [6.45, 7) is 8.37. The van der Waals surface area contributed by atoms with Crippen molar-refractivity contribution < 1.29 is 9.59 Å². The molecule has 0 saturated heterocycles. The van der Waals surface area contributed by atoms with Gasteiger partial charge in [0.15, 0.2) is 11.6 Å². The largest absolute Gasteiger partial charge is 0.310 e. The maximum Gasteiger partial charge on any atom is 0.198 e. The number of para-hydroxylation sites is 2. The maximum atomic E-state index is 13.2. The molecule has 0 atom stereocenters. The van der Waals surface area contributed by atoms with Gasteiger partial charge < -0.3 is 4.90 Å². The van der Waals surface area contributed by atoms with Crippen LogP contribution in [0, 0.1) is 13.8 Å². The molecule has 0 radical (unpaired) electrons. The minimum absolute atomic E-state index is 0.137. The molecule has 0 saturated carbocycles. The summed E-state index contributed by atoms with van der Waals surface area (Å²) in [4.78, 5) is 32.7. The summed E-state index contributed by atoms with van der Waals surface area (Å²) in [5, 5.41) is 0. The molecule has 2 aliphatic rings. The summed E-state index contributed by atoms with van der Waals surface area (Å²) in [6.07, 6.45) is 1.81. The number of rotatable bonds is 4. The molecule has 0 bridgehead atoms. The Balaban J connectivity index is 1.30. The predicted molar refractivity (Wildman–Crippen MR) is 167 cm³/mol. The van der Waals surface area contributed by atoms with E-state index in [0.29, 0.717) is 16.7 Å². The van der Waals surface area contributed by atoms with Crippen LogP contribution in [0.15, 0.2) is 90.5 Å². The van der Waals surface area contributed by atoms with Crippen LogP contribution in [0.2, 0.25) is 0 Å². The number of carbonyl (C=O) groups is 2. The van der Waals surface area contributed by atoms with E-state index >= 15 is 0 Å². The van der Waals surface area contributed by atoms with Gasteiger partial charge in [-0.2, -0.15) is 0 Å². The Hall–Kier alpha value is -4.06. The lowest BCUT2D eigenvalue weighted by molar-refractivity contribution is 0.0990. The quantitative estimate of drug-likeness (QED) is 0.163. The van der Waals surface area contributed by atoms with Crippen LogP contribution in [0.4, 0.5) is 17.1 Å². The van der Waals surface area contributed by atoms with Crippen LogP contribution in [-0.2, 0) is 5.41 Å². The van der Waals surface area contributed by atoms with Crippen molar-refractivity contribution in [3.8, 4) is 10.4 Å². The van der Waals surface area contributed by atoms with E-state index in [1.165, 1.54) is 32.9 Å². The number of allylic oxidation sites excluding steroid dienone is 1. The van der Waals surface area contributed by atoms with Crippen molar-refractivity contribution in [1.82, 2.24) is 0 Å². The molecule has 0 spiro atoms. The van der Waals surface area contributed by atoms with Crippen LogP contribution in [0.3, 0.4) is 0 Å². The van der Waals surface area contributed by atoms with Crippen LogP contribution in [0.25, 0.3) is 16.5 Å². The lowest BCUT2D eigenvalue weighted by Gasteiger charge is -2.28. The summed E-state index contributed by atoms with van der Waals surface area (Å²) in [5.74, 6) is -0.275. The van der Waals surface area contributed by atoms with Gasteiger partial charge in [-0.3, -0.25) is 9.59 Å². The Morgan fingerprint density at radius 3 is 1.82 bits per heavy atom. The van der Waals surface area contributed by atoms with Gasteiger partial charge in [-0.25, -0.2) is 0 Å². The molecule has 0 aliphatic heterocycles. The van der Waals surface area contributed by atoms with E-state index in [0.717, 1.165) is 31.7 Å². The van der Waals surface area contributed by atoms with Crippen molar-refractivity contribution in [3.05, 3.63) is 127 Å². The van der Waals surface area contributed by atoms with E-state index in [4.69, 9.17) is 0 Å². The molecule has 3 aromatic carbocycles. The minimum Gasteiger partial charge on any atom is -0.310 e. The highest BCUT2D eigenvalue weighted by Gasteiger charge is 2.40. The zero-order valence-electron chi connectivity index (χ0n) is 22.7. The maximum absolute atomic E-state index is 13.2. The molecule has 40 heavy (non-hydrogen) atoms. The Kier molecular flexibility index (Phi) is 5.60. The van der Waals surface area contributed by atoms with Gasteiger partial charge in [0.05, 0.1) is 5.57 Å². The number of nitrogens with zero attached hydrogens (tertiary/aromatic N) is 1. The van der Waals surface area contributed by atoms with Crippen LogP contribution < -0.4 is 4.90 Å². The van der Waals surface area contributed by atoms with Crippen LogP contribution in [-0.4, -0.2) is 11.6 Å². The zero-order valence-corrected chi connectivity index (χ0v) is 24.4. The summed E-state index contributed by atoms with van der Waals surface area (Å²) < 4.78 is 0. The topological polar surface area (TPSA) is 37.4 Å². The highest BCUT2D eigenvalue weighted by molar-refractivity contribution is 7.16. The van der Waals surface area contributed by atoms with Crippen molar-refractivity contribution in [1.29, 1.82) is 0 Å². The minimum atomic E-state index is -0.220. The summed E-state index contributed by atoms with van der Waals surface area (Å²) >= 11 is 3.19. The Labute approximate surface area is 242 Å². The van der Waals surface area contributed by atoms with Crippen LogP contribution >= 0.6 is 22.7 Å². The number of thiophene rings is 2. The smallest absolute Gasteiger partial charge is 0.198 e. The number of hydrogen-bond acceptors (Lipinski definition) is 5. The van der Waals surface area contributed by atoms with Crippen LogP contribution in [0.1, 0.15) is 60.3 Å². The molecule has 0 amide bonds. The molecule has 0 N–H and O–H groups in total. The Bertz CT molecular complexity index is 1800. The second-order valence-corrected chi connectivity index (χ2v) is 13.4. The van der Waals surface area contributed by atoms with E-state index < -0.39 is 0 Å². The molecular weight excluding hydrogens is 531 g/mol. The lowest BCUT2D eigenvalue weighted by Crippen LogP contribution is -2.16. The van der Waals surface area contributed by atoms with E-state index in [9.17, 15) is 9.59 Å². The van der Waals surface area contributed by atoms with Crippen molar-refractivity contribution in [2.24, 2.45) is 0 Å². The van der Waals surface area contributed by atoms with E-state index in [1.807, 2.05) is 32.1 Å². The van der Waals surface area contributed by atoms with Gasteiger partial charge in [0.25, 0.3) is 0 Å². The number of carbonyl (C=O) groups excluding carboxylic acids is 2. The summed E-state index contributed by atoms with van der Waals surface area (Å²) in [6, 6.07) is 29.8. The molecule has 2 heterocycles. The molecule has 196 valence electrons. The molecule has 3 nitrogen and oxygen atoms in total. The third kappa shape index (κ3) is 3.61. The lowest BCUT2D eigenvalue weighted by atomic mass is 9.82. The summed E-state index contributed by atoms with van der Waals surface area (Å²) in [7, 11) is 0. The van der Waals surface area contributed by atoms with Gasteiger partial charge >= 0.3 is 0 Å². The molecule has 5 heteroatoms. The molecule has 5 aromatic rings. The third-order valence-electron chi connectivity index (χ3n) is 8.12. The number of ketones is 2. The first-order valence-corrected chi connectivity index (χ1v) is 15.0. The van der Waals surface area contributed by atoms with Crippen molar-refractivity contribution in [2.75, 3.05) is 4.90 Å². The normalized spacial score (nSPS) is 14.8. The Morgan fingerprint density at radius 1 is 0.675 bits per heavy atom. The highest BCUT2D eigenvalue weighted by atomic mass is 32.1. The first-order valence-electron chi connectivity index (χ1n) is 13.4.